The van der Waals surface area contributed by atoms with Crippen LogP contribution in [0, 0.1) is 12.3 Å². The zero-order chi connectivity index (χ0) is 14.6. The molecule has 1 atom stereocenters. The Morgan fingerprint density at radius 1 is 1.42 bits per heavy atom. The Kier molecular flexibility index (Phi) is 5.20. The van der Waals surface area contributed by atoms with E-state index in [0.29, 0.717) is 0 Å². The molecule has 0 aliphatic rings. The number of terminal acetylenes is 1. The first kappa shape index (κ1) is 15.8. The van der Waals surface area contributed by atoms with Crippen molar-refractivity contribution in [2.75, 3.05) is 0 Å². The van der Waals surface area contributed by atoms with Crippen LogP contribution in [0.5, 0.6) is 0 Å². The number of rotatable bonds is 5. The van der Waals surface area contributed by atoms with Gasteiger partial charge in [-0.25, -0.2) is 8.42 Å². The van der Waals surface area contributed by atoms with E-state index in [1.807, 2.05) is 4.72 Å². The number of benzene rings is 1. The van der Waals surface area contributed by atoms with E-state index in [4.69, 9.17) is 34.7 Å². The van der Waals surface area contributed by atoms with Crippen LogP contribution in [0.2, 0.25) is 10.0 Å². The average Bonchev–Trinajstić information content (AvgIpc) is 2.27. The maximum atomic E-state index is 12.1. The fourth-order valence-electron chi connectivity index (χ4n) is 1.28. The Morgan fingerprint density at radius 2 is 1.95 bits per heavy atom. The Hall–Kier alpha value is -1.26. The molecule has 1 unspecified atom stereocenters. The quantitative estimate of drug-likeness (QED) is 0.809. The molecule has 0 aliphatic heterocycles. The van der Waals surface area contributed by atoms with E-state index in [9.17, 15) is 13.2 Å². The van der Waals surface area contributed by atoms with Gasteiger partial charge in [-0.2, -0.15) is 4.72 Å². The number of sulfonamides is 1. The van der Waals surface area contributed by atoms with Gasteiger partial charge in [0.1, 0.15) is 10.9 Å². The minimum Gasteiger partial charge on any atom is -0.480 e. The van der Waals surface area contributed by atoms with Crippen LogP contribution in [-0.2, 0) is 14.8 Å². The topological polar surface area (TPSA) is 83.5 Å². The second-order valence-corrected chi connectivity index (χ2v) is 5.94. The van der Waals surface area contributed by atoms with E-state index in [-0.39, 0.29) is 21.4 Å². The average molecular weight is 322 g/mol. The lowest BCUT2D eigenvalue weighted by molar-refractivity contribution is -0.138. The van der Waals surface area contributed by atoms with Gasteiger partial charge in [0.15, 0.2) is 0 Å². The third-order valence-electron chi connectivity index (χ3n) is 2.11. The van der Waals surface area contributed by atoms with E-state index in [2.05, 4.69) is 5.92 Å². The fourth-order valence-corrected chi connectivity index (χ4v) is 3.62. The monoisotopic (exact) mass is 321 g/mol. The standard InChI is InChI=1S/C11H9Cl2NO4S/c1-2-4-9(11(15)16)14-19(17,18)10-7(12)5-3-6-8(10)13/h1,3,5-6,9,14H,4H2,(H,15,16). The Bertz CT molecular complexity index is 616. The normalized spacial score (nSPS) is 12.7. The van der Waals surface area contributed by atoms with Crippen LogP contribution in [0.3, 0.4) is 0 Å². The van der Waals surface area contributed by atoms with Gasteiger partial charge in [-0.05, 0) is 12.1 Å². The van der Waals surface area contributed by atoms with Gasteiger partial charge in [0.2, 0.25) is 10.0 Å². The number of hydrogen-bond donors (Lipinski definition) is 2. The molecule has 0 aromatic heterocycles. The summed E-state index contributed by atoms with van der Waals surface area (Å²) in [5.74, 6) is 0.694. The molecule has 0 saturated carbocycles. The van der Waals surface area contributed by atoms with Crippen LogP contribution in [0.25, 0.3) is 0 Å². The molecule has 0 heterocycles. The second-order valence-electron chi connectivity index (χ2n) is 3.47. The molecule has 5 nitrogen and oxygen atoms in total. The van der Waals surface area contributed by atoms with Gasteiger partial charge in [-0.3, -0.25) is 4.79 Å². The highest BCUT2D eigenvalue weighted by Gasteiger charge is 2.28. The van der Waals surface area contributed by atoms with Crippen LogP contribution >= 0.6 is 23.2 Å². The molecule has 0 spiro atoms. The molecule has 0 radical (unpaired) electrons. The molecule has 1 aromatic carbocycles. The van der Waals surface area contributed by atoms with Crippen molar-refractivity contribution in [1.82, 2.24) is 4.72 Å². The summed E-state index contributed by atoms with van der Waals surface area (Å²) in [5, 5.41) is 8.65. The highest BCUT2D eigenvalue weighted by Crippen LogP contribution is 2.28. The van der Waals surface area contributed by atoms with Crippen molar-refractivity contribution in [2.45, 2.75) is 17.4 Å². The number of nitrogens with one attached hydrogen (secondary N) is 1. The molecule has 0 saturated heterocycles. The van der Waals surface area contributed by atoms with Gasteiger partial charge in [0.25, 0.3) is 0 Å². The van der Waals surface area contributed by atoms with E-state index in [1.54, 1.807) is 0 Å². The SMILES string of the molecule is C#CCC(NS(=O)(=O)c1c(Cl)cccc1Cl)C(=O)O. The maximum absolute atomic E-state index is 12.1. The van der Waals surface area contributed by atoms with Crippen molar-refractivity contribution in [3.8, 4) is 12.3 Å². The minimum atomic E-state index is -4.18. The molecule has 2 N–H and O–H groups in total. The zero-order valence-electron chi connectivity index (χ0n) is 9.43. The first-order valence-corrected chi connectivity index (χ1v) is 7.16. The summed E-state index contributed by atoms with van der Waals surface area (Å²) >= 11 is 11.5. The van der Waals surface area contributed by atoms with Gasteiger partial charge in [-0.15, -0.1) is 12.3 Å². The summed E-state index contributed by atoms with van der Waals surface area (Å²) in [7, 11) is -4.18. The van der Waals surface area contributed by atoms with Crippen molar-refractivity contribution in [1.29, 1.82) is 0 Å². The number of hydrogen-bond acceptors (Lipinski definition) is 3. The summed E-state index contributed by atoms with van der Waals surface area (Å²) in [6.07, 6.45) is 4.69. The first-order chi connectivity index (χ1) is 8.79. The lowest BCUT2D eigenvalue weighted by Gasteiger charge is -2.14. The van der Waals surface area contributed by atoms with E-state index in [0.717, 1.165) is 0 Å². The van der Waals surface area contributed by atoms with Gasteiger partial charge in [0, 0.05) is 6.42 Å². The summed E-state index contributed by atoms with van der Waals surface area (Å²) in [6, 6.07) is 2.69. The van der Waals surface area contributed by atoms with Crippen molar-refractivity contribution < 1.29 is 18.3 Å². The van der Waals surface area contributed by atoms with Gasteiger partial charge in [-0.1, -0.05) is 29.3 Å². The summed E-state index contributed by atoms with van der Waals surface area (Å²) < 4.78 is 26.1. The number of halogens is 2. The summed E-state index contributed by atoms with van der Waals surface area (Å²) in [5.41, 5.74) is 0. The lowest BCUT2D eigenvalue weighted by Crippen LogP contribution is -2.40. The molecule has 0 bridgehead atoms. The molecular weight excluding hydrogens is 313 g/mol. The second kappa shape index (κ2) is 6.26. The smallest absolute Gasteiger partial charge is 0.322 e. The molecule has 1 aromatic rings. The van der Waals surface area contributed by atoms with Gasteiger partial charge in [0.05, 0.1) is 10.0 Å². The number of aliphatic carboxylic acids is 1. The van der Waals surface area contributed by atoms with Gasteiger partial charge < -0.3 is 5.11 Å². The molecule has 0 aliphatic carbocycles. The lowest BCUT2D eigenvalue weighted by atomic mass is 10.2. The zero-order valence-corrected chi connectivity index (χ0v) is 11.8. The largest absolute Gasteiger partial charge is 0.480 e. The van der Waals surface area contributed by atoms with Crippen LogP contribution in [0.15, 0.2) is 23.1 Å². The van der Waals surface area contributed by atoms with E-state index < -0.39 is 22.0 Å². The minimum absolute atomic E-state index is 0.107. The number of carboxylic acid groups (broad SMARTS) is 1. The molecule has 1 rings (SSSR count). The summed E-state index contributed by atoms with van der Waals surface area (Å²) in [6.45, 7) is 0. The highest BCUT2D eigenvalue weighted by molar-refractivity contribution is 7.89. The molecule has 102 valence electrons. The Labute approximate surface area is 120 Å². The summed E-state index contributed by atoms with van der Waals surface area (Å²) in [4.78, 5) is 10.5. The third-order valence-corrected chi connectivity index (χ3v) is 4.53. The fraction of sp³-hybridized carbons (Fsp3) is 0.182. The van der Waals surface area contributed by atoms with Gasteiger partial charge >= 0.3 is 5.97 Å². The Morgan fingerprint density at radius 3 is 2.37 bits per heavy atom. The van der Waals surface area contributed by atoms with Crippen LogP contribution < -0.4 is 4.72 Å². The van der Waals surface area contributed by atoms with E-state index in [1.165, 1.54) is 18.2 Å². The molecular formula is C11H9Cl2NO4S. The predicted octanol–water partition coefficient (Wildman–Crippen LogP) is 1.75. The van der Waals surface area contributed by atoms with Crippen molar-refractivity contribution in [2.24, 2.45) is 0 Å². The van der Waals surface area contributed by atoms with Crippen LogP contribution in [-0.4, -0.2) is 25.5 Å². The molecule has 0 fully saturated rings. The third kappa shape index (κ3) is 3.85. The first-order valence-electron chi connectivity index (χ1n) is 4.92. The molecule has 19 heavy (non-hydrogen) atoms. The predicted molar refractivity (Wildman–Crippen MR) is 71.7 cm³/mol. The number of carbonyl (C=O) groups is 1. The van der Waals surface area contributed by atoms with Crippen molar-refractivity contribution in [3.63, 3.8) is 0 Å². The van der Waals surface area contributed by atoms with E-state index >= 15 is 0 Å². The van der Waals surface area contributed by atoms with Crippen LogP contribution in [0.1, 0.15) is 6.42 Å². The maximum Gasteiger partial charge on any atom is 0.322 e. The van der Waals surface area contributed by atoms with Crippen molar-refractivity contribution in [3.05, 3.63) is 28.2 Å². The highest BCUT2D eigenvalue weighted by atomic mass is 35.5. The molecule has 8 heteroatoms. The Balaban J connectivity index is 3.19. The number of carboxylic acids is 1. The van der Waals surface area contributed by atoms with Crippen molar-refractivity contribution >= 4 is 39.2 Å². The molecule has 0 amide bonds. The van der Waals surface area contributed by atoms with Crippen LogP contribution in [0.4, 0.5) is 0 Å².